The molecule has 162 valence electrons. The Morgan fingerprint density at radius 3 is 2.29 bits per heavy atom. The zero-order valence-electron chi connectivity index (χ0n) is 17.7. The molecular formula is C25H28N2O4. The van der Waals surface area contributed by atoms with Crippen LogP contribution in [0.4, 0.5) is 5.69 Å². The monoisotopic (exact) mass is 420 g/mol. The van der Waals surface area contributed by atoms with Crippen LogP contribution in [0.3, 0.4) is 0 Å². The van der Waals surface area contributed by atoms with Gasteiger partial charge in [-0.1, -0.05) is 60.2 Å². The van der Waals surface area contributed by atoms with E-state index in [0.717, 1.165) is 13.1 Å². The number of aryl methyl sites for hydroxylation is 2. The molecule has 0 saturated carbocycles. The number of aromatic nitrogens is 1. The first-order valence-electron chi connectivity index (χ1n) is 10.5. The van der Waals surface area contributed by atoms with Crippen molar-refractivity contribution in [3.8, 4) is 0 Å². The van der Waals surface area contributed by atoms with Crippen LogP contribution in [0.1, 0.15) is 30.5 Å². The lowest BCUT2D eigenvalue weighted by Gasteiger charge is -2.29. The van der Waals surface area contributed by atoms with Crippen LogP contribution in [0.25, 0.3) is 10.9 Å². The molecule has 3 aromatic rings. The Hall–Kier alpha value is -3.54. The average molecular weight is 421 g/mol. The molecule has 0 saturated heterocycles. The fourth-order valence-corrected chi connectivity index (χ4v) is 3.97. The van der Waals surface area contributed by atoms with Crippen molar-refractivity contribution in [2.75, 3.05) is 18.0 Å². The van der Waals surface area contributed by atoms with Crippen molar-refractivity contribution in [1.82, 2.24) is 4.98 Å². The molecular weight excluding hydrogens is 392 g/mol. The van der Waals surface area contributed by atoms with Crippen LogP contribution < -0.4 is 4.90 Å². The number of carbonyl (C=O) groups is 2. The molecule has 0 unspecified atom stereocenters. The van der Waals surface area contributed by atoms with Crippen molar-refractivity contribution in [2.45, 2.75) is 32.6 Å². The van der Waals surface area contributed by atoms with Crippen LogP contribution in [0.15, 0.2) is 66.2 Å². The Morgan fingerprint density at radius 2 is 1.65 bits per heavy atom. The van der Waals surface area contributed by atoms with E-state index in [1.54, 1.807) is 5.57 Å². The number of hydrogen-bond acceptors (Lipinski definition) is 3. The molecule has 3 N–H and O–H groups in total. The zero-order valence-corrected chi connectivity index (χ0v) is 17.7. The van der Waals surface area contributed by atoms with Gasteiger partial charge in [0.05, 0.1) is 5.69 Å². The molecule has 0 fully saturated rings. The van der Waals surface area contributed by atoms with E-state index in [4.69, 9.17) is 19.8 Å². The number of H-pyrrole nitrogens is 1. The molecule has 0 radical (unpaired) electrons. The Labute approximate surface area is 181 Å². The second kappa shape index (κ2) is 10.5. The number of hydrogen-bond donors (Lipinski definition) is 3. The first-order chi connectivity index (χ1) is 15.0. The first-order valence-corrected chi connectivity index (χ1v) is 10.5. The Kier molecular flexibility index (Phi) is 7.49. The summed E-state index contributed by atoms with van der Waals surface area (Å²) in [4.78, 5) is 24.2. The van der Waals surface area contributed by atoms with Gasteiger partial charge < -0.3 is 20.1 Å². The van der Waals surface area contributed by atoms with Crippen LogP contribution in [0.2, 0.25) is 0 Å². The largest absolute Gasteiger partial charge is 0.473 e. The van der Waals surface area contributed by atoms with Gasteiger partial charge in [0.1, 0.15) is 0 Å². The van der Waals surface area contributed by atoms with Gasteiger partial charge in [0.15, 0.2) is 0 Å². The number of benzene rings is 2. The van der Waals surface area contributed by atoms with E-state index < -0.39 is 11.9 Å². The SMILES string of the molecule is Cc1[nH]c2ccccc2c1N1CC=C(CCCc2ccccc2)CC1.O=C(O)C(=O)O. The molecule has 1 aromatic heterocycles. The van der Waals surface area contributed by atoms with Gasteiger partial charge in [0, 0.05) is 29.7 Å². The quantitative estimate of drug-likeness (QED) is 0.408. The smallest absolute Gasteiger partial charge is 0.414 e. The third-order valence-corrected chi connectivity index (χ3v) is 5.47. The van der Waals surface area contributed by atoms with Gasteiger partial charge in [-0.3, -0.25) is 0 Å². The van der Waals surface area contributed by atoms with E-state index in [1.165, 1.54) is 53.5 Å². The van der Waals surface area contributed by atoms with E-state index in [0.29, 0.717) is 0 Å². The van der Waals surface area contributed by atoms with Crippen LogP contribution in [0, 0.1) is 6.92 Å². The molecule has 6 nitrogen and oxygen atoms in total. The highest BCUT2D eigenvalue weighted by atomic mass is 16.4. The van der Waals surface area contributed by atoms with Gasteiger partial charge in [0.2, 0.25) is 0 Å². The fraction of sp³-hybridized carbons (Fsp3) is 0.280. The maximum atomic E-state index is 9.10. The van der Waals surface area contributed by atoms with Crippen LogP contribution in [-0.4, -0.2) is 40.2 Å². The number of anilines is 1. The maximum absolute atomic E-state index is 9.10. The normalized spacial score (nSPS) is 13.3. The van der Waals surface area contributed by atoms with Crippen LogP contribution in [-0.2, 0) is 16.0 Å². The van der Waals surface area contributed by atoms with Gasteiger partial charge in [-0.25, -0.2) is 9.59 Å². The van der Waals surface area contributed by atoms with Crippen molar-refractivity contribution < 1.29 is 19.8 Å². The fourth-order valence-electron chi connectivity index (χ4n) is 3.97. The topological polar surface area (TPSA) is 93.6 Å². The summed E-state index contributed by atoms with van der Waals surface area (Å²) >= 11 is 0. The number of nitrogens with one attached hydrogen (secondary N) is 1. The van der Waals surface area contributed by atoms with E-state index >= 15 is 0 Å². The molecule has 0 aliphatic carbocycles. The predicted octanol–water partition coefficient (Wildman–Crippen LogP) is 4.79. The summed E-state index contributed by atoms with van der Waals surface area (Å²) in [7, 11) is 0. The second-order valence-electron chi connectivity index (χ2n) is 7.65. The van der Waals surface area contributed by atoms with Gasteiger partial charge in [-0.2, -0.15) is 0 Å². The molecule has 0 amide bonds. The van der Waals surface area contributed by atoms with Crippen molar-refractivity contribution in [3.63, 3.8) is 0 Å². The lowest BCUT2D eigenvalue weighted by Crippen LogP contribution is -2.28. The molecule has 0 bridgehead atoms. The molecule has 1 aliphatic rings. The Bertz CT molecular complexity index is 1060. The number of carboxylic acid groups (broad SMARTS) is 2. The predicted molar refractivity (Wildman–Crippen MR) is 123 cm³/mol. The summed E-state index contributed by atoms with van der Waals surface area (Å²) in [6.45, 7) is 4.34. The lowest BCUT2D eigenvalue weighted by molar-refractivity contribution is -0.159. The van der Waals surface area contributed by atoms with Gasteiger partial charge in [0.25, 0.3) is 0 Å². The molecule has 4 rings (SSSR count). The highest BCUT2D eigenvalue weighted by molar-refractivity contribution is 6.27. The number of fused-ring (bicyclic) bond motifs is 1. The van der Waals surface area contributed by atoms with Gasteiger partial charge >= 0.3 is 11.9 Å². The molecule has 0 atom stereocenters. The molecule has 0 spiro atoms. The van der Waals surface area contributed by atoms with E-state index in [-0.39, 0.29) is 0 Å². The van der Waals surface area contributed by atoms with Crippen molar-refractivity contribution >= 4 is 28.5 Å². The van der Waals surface area contributed by atoms with E-state index in [9.17, 15) is 0 Å². The Morgan fingerprint density at radius 1 is 0.968 bits per heavy atom. The molecule has 2 heterocycles. The third-order valence-electron chi connectivity index (χ3n) is 5.47. The standard InChI is InChI=1S/C23H26N2.C2H2O4/c1-18-23(21-12-5-6-13-22(21)24-18)25-16-14-20(15-17-25)11-7-10-19-8-3-2-4-9-19;3-1(4)2(5)6/h2-6,8-9,12-14,24H,7,10-11,15-17H2,1H3;(H,3,4)(H,5,6). The summed E-state index contributed by atoms with van der Waals surface area (Å²) in [6.07, 6.45) is 7.31. The molecule has 1 aliphatic heterocycles. The minimum absolute atomic E-state index is 1.03. The molecule has 6 heteroatoms. The summed E-state index contributed by atoms with van der Waals surface area (Å²) in [5.41, 5.74) is 6.99. The number of para-hydroxylation sites is 1. The van der Waals surface area contributed by atoms with E-state index in [1.807, 2.05) is 0 Å². The number of nitrogens with zero attached hydrogens (tertiary/aromatic N) is 1. The molecule has 2 aromatic carbocycles. The highest BCUT2D eigenvalue weighted by Crippen LogP contribution is 2.32. The van der Waals surface area contributed by atoms with Gasteiger partial charge in [-0.15, -0.1) is 0 Å². The minimum Gasteiger partial charge on any atom is -0.473 e. The Balaban J connectivity index is 0.000000401. The number of rotatable bonds is 5. The summed E-state index contributed by atoms with van der Waals surface area (Å²) in [5.74, 6) is -3.65. The van der Waals surface area contributed by atoms with Crippen LogP contribution >= 0.6 is 0 Å². The number of carboxylic acids is 2. The third kappa shape index (κ3) is 5.98. The highest BCUT2D eigenvalue weighted by Gasteiger charge is 2.18. The van der Waals surface area contributed by atoms with Crippen LogP contribution in [0.5, 0.6) is 0 Å². The summed E-state index contributed by atoms with van der Waals surface area (Å²) in [6, 6.07) is 19.5. The zero-order chi connectivity index (χ0) is 22.2. The second-order valence-corrected chi connectivity index (χ2v) is 7.65. The first kappa shape index (κ1) is 22.2. The minimum atomic E-state index is -1.82. The lowest BCUT2D eigenvalue weighted by atomic mass is 9.99. The molecule has 31 heavy (non-hydrogen) atoms. The number of aromatic amines is 1. The van der Waals surface area contributed by atoms with Crippen molar-refractivity contribution in [3.05, 3.63) is 77.5 Å². The average Bonchev–Trinajstić information content (AvgIpc) is 3.11. The van der Waals surface area contributed by atoms with Crippen molar-refractivity contribution in [2.24, 2.45) is 0 Å². The maximum Gasteiger partial charge on any atom is 0.414 e. The summed E-state index contributed by atoms with van der Waals surface area (Å²) in [5, 5.41) is 16.1. The van der Waals surface area contributed by atoms with Gasteiger partial charge in [-0.05, 0) is 44.2 Å². The van der Waals surface area contributed by atoms with E-state index in [2.05, 4.69) is 77.5 Å². The number of aliphatic carboxylic acids is 2. The van der Waals surface area contributed by atoms with Crippen molar-refractivity contribution in [1.29, 1.82) is 0 Å². The summed E-state index contributed by atoms with van der Waals surface area (Å²) < 4.78 is 0.